The Balaban J connectivity index is 1.62. The Morgan fingerprint density at radius 2 is 1.76 bits per heavy atom. The van der Waals surface area contributed by atoms with Crippen molar-refractivity contribution in [3.05, 3.63) is 53.1 Å². The molecule has 0 saturated heterocycles. The Hall–Kier alpha value is -4.22. The average Bonchev–Trinajstić information content (AvgIpc) is 2.90. The first-order chi connectivity index (χ1) is 19.7. The molecular weight excluding hydrogens is 544 g/mol. The van der Waals surface area contributed by atoms with Crippen LogP contribution >= 0.6 is 0 Å². The highest BCUT2D eigenvalue weighted by molar-refractivity contribution is 6.32. The van der Waals surface area contributed by atoms with Gasteiger partial charge >= 0.3 is 5.97 Å². The Bertz CT molecular complexity index is 1560. The molecule has 3 aliphatic carbocycles. The van der Waals surface area contributed by atoms with E-state index in [2.05, 4.69) is 0 Å². The number of esters is 1. The van der Waals surface area contributed by atoms with Gasteiger partial charge in [-0.2, -0.15) is 0 Å². The number of aliphatic hydroxyl groups is 1. The highest BCUT2D eigenvalue weighted by Crippen LogP contribution is 2.51. The van der Waals surface area contributed by atoms with Gasteiger partial charge in [0.1, 0.15) is 5.75 Å². The third-order valence-electron chi connectivity index (χ3n) is 8.70. The quantitative estimate of drug-likeness (QED) is 0.344. The van der Waals surface area contributed by atoms with E-state index in [1.54, 1.807) is 44.2 Å². The van der Waals surface area contributed by atoms with Crippen LogP contribution in [0, 0.1) is 23.7 Å². The molecular formula is C31H32N2O9. The van der Waals surface area contributed by atoms with Gasteiger partial charge in [0, 0.05) is 5.92 Å². The summed E-state index contributed by atoms with van der Waals surface area (Å²) in [6.07, 6.45) is -0.280. The minimum Gasteiger partial charge on any atom is -0.507 e. The number of primary amides is 1. The molecule has 5 rings (SSSR count). The number of benzene rings is 2. The van der Waals surface area contributed by atoms with Gasteiger partial charge in [-0.25, -0.2) is 4.79 Å². The number of hydrogen-bond donors (Lipinski definition) is 3. The molecule has 11 nitrogen and oxygen atoms in total. The Labute approximate surface area is 241 Å². The summed E-state index contributed by atoms with van der Waals surface area (Å²) in [7, 11) is 3.06. The highest BCUT2D eigenvalue weighted by atomic mass is 16.5. The number of nitrogens with zero attached hydrogens (tertiary/aromatic N) is 1. The molecule has 2 unspecified atom stereocenters. The molecule has 0 spiro atoms. The molecule has 4 N–H and O–H groups in total. The van der Waals surface area contributed by atoms with E-state index >= 15 is 0 Å². The number of Topliss-reactive ketones (excluding diaryl/α,β-unsaturated/α-hetero) is 4. The topological polar surface area (TPSA) is 181 Å². The van der Waals surface area contributed by atoms with Gasteiger partial charge in [-0.15, -0.1) is 0 Å². The lowest BCUT2D eigenvalue weighted by Crippen LogP contribution is -2.74. The minimum absolute atomic E-state index is 0.0558. The second-order valence-electron chi connectivity index (χ2n) is 11.8. The van der Waals surface area contributed by atoms with Crippen LogP contribution in [0.2, 0.25) is 0 Å². The first kappa shape index (κ1) is 29.3. The van der Waals surface area contributed by atoms with Crippen molar-refractivity contribution in [3.63, 3.8) is 0 Å². The van der Waals surface area contributed by atoms with Crippen LogP contribution in [0.3, 0.4) is 0 Å². The number of likely N-dealkylation sites (N-methyl/N-ethyl adjacent to an activating group) is 1. The zero-order chi connectivity index (χ0) is 30.8. The van der Waals surface area contributed by atoms with Crippen molar-refractivity contribution < 1.29 is 43.7 Å². The number of carbonyl (C=O) groups is 6. The van der Waals surface area contributed by atoms with Crippen LogP contribution in [-0.2, 0) is 30.3 Å². The third kappa shape index (κ3) is 4.26. The predicted molar refractivity (Wildman–Crippen MR) is 147 cm³/mol. The molecule has 0 aliphatic heterocycles. The van der Waals surface area contributed by atoms with E-state index in [-0.39, 0.29) is 35.8 Å². The molecule has 3 aliphatic rings. The lowest BCUT2D eigenvalue weighted by molar-refractivity contribution is -0.181. The van der Waals surface area contributed by atoms with Crippen molar-refractivity contribution in [3.8, 4) is 16.9 Å². The van der Waals surface area contributed by atoms with Crippen LogP contribution < -0.4 is 5.73 Å². The molecule has 0 bridgehead atoms. The number of ether oxygens (including phenoxy) is 1. The zero-order valence-corrected chi connectivity index (χ0v) is 23.6. The molecule has 0 heterocycles. The minimum atomic E-state index is -2.78. The van der Waals surface area contributed by atoms with E-state index in [0.29, 0.717) is 16.7 Å². The fraction of sp³-hybridized carbons (Fsp3) is 0.419. The molecule has 220 valence electrons. The summed E-state index contributed by atoms with van der Waals surface area (Å²) in [6, 6.07) is 8.36. The summed E-state index contributed by atoms with van der Waals surface area (Å²) in [5.41, 5.74) is 4.32. The average molecular weight is 577 g/mol. The molecule has 2 fully saturated rings. The maximum Gasteiger partial charge on any atom is 0.338 e. The predicted octanol–water partition coefficient (Wildman–Crippen LogP) is 1.10. The second kappa shape index (κ2) is 10.2. The van der Waals surface area contributed by atoms with Crippen LogP contribution in [0.1, 0.15) is 46.5 Å². The Morgan fingerprint density at radius 1 is 1.07 bits per heavy atom. The van der Waals surface area contributed by atoms with E-state index in [1.807, 2.05) is 0 Å². The summed E-state index contributed by atoms with van der Waals surface area (Å²) < 4.78 is 5.30. The molecule has 2 saturated carbocycles. The largest absolute Gasteiger partial charge is 0.507 e. The molecule has 0 radical (unpaired) electrons. The number of amides is 1. The van der Waals surface area contributed by atoms with Gasteiger partial charge < -0.3 is 20.7 Å². The standard InChI is InChI=1S/C31H32N2O9/c1-13(2)42-30(40)15-7-5-6-14(10-15)17-8-9-20(34)22-18(17)11-16-12-19-24(33(3)4)26(36)23(29(32)39)28(38)31(19,41)27(37)21(16)25(22)35/h5-10,13,16,19,21,23-24,34,41H,11-12H2,1-4H3,(H2,32,39)/t16-,19-,21?,23?,24-,31-/m1/s1. The van der Waals surface area contributed by atoms with Crippen molar-refractivity contribution >= 4 is 35.0 Å². The molecule has 6 atom stereocenters. The molecule has 2 aromatic carbocycles. The van der Waals surface area contributed by atoms with Gasteiger partial charge in [0.15, 0.2) is 34.7 Å². The second-order valence-corrected chi connectivity index (χ2v) is 11.8. The lowest BCUT2D eigenvalue weighted by atomic mass is 9.52. The van der Waals surface area contributed by atoms with Crippen LogP contribution in [0.4, 0.5) is 0 Å². The monoisotopic (exact) mass is 576 g/mol. The Kier molecular flexibility index (Phi) is 7.14. The van der Waals surface area contributed by atoms with Crippen molar-refractivity contribution in [1.82, 2.24) is 4.90 Å². The number of fused-ring (bicyclic) bond motifs is 3. The maximum absolute atomic E-state index is 14.0. The van der Waals surface area contributed by atoms with Gasteiger partial charge in [0.05, 0.1) is 29.2 Å². The number of phenolic OH excluding ortho intramolecular Hbond substituents is 1. The van der Waals surface area contributed by atoms with E-state index in [1.165, 1.54) is 25.1 Å². The normalized spacial score (nSPS) is 28.8. The molecule has 11 heteroatoms. The van der Waals surface area contributed by atoms with Crippen molar-refractivity contribution in [2.45, 2.75) is 44.4 Å². The van der Waals surface area contributed by atoms with Crippen LogP contribution in [0.15, 0.2) is 36.4 Å². The maximum atomic E-state index is 14.0. The van der Waals surface area contributed by atoms with Crippen LogP contribution in [0.5, 0.6) is 5.75 Å². The number of aromatic hydroxyl groups is 1. The first-order valence-corrected chi connectivity index (χ1v) is 13.7. The van der Waals surface area contributed by atoms with Gasteiger partial charge in [-0.1, -0.05) is 18.2 Å². The lowest BCUT2D eigenvalue weighted by Gasteiger charge is -2.52. The fourth-order valence-corrected chi connectivity index (χ4v) is 6.97. The highest BCUT2D eigenvalue weighted by Gasteiger charge is 2.69. The van der Waals surface area contributed by atoms with Crippen LogP contribution in [0.25, 0.3) is 11.1 Å². The van der Waals surface area contributed by atoms with Gasteiger partial charge in [-0.05, 0) is 81.6 Å². The van der Waals surface area contributed by atoms with Crippen molar-refractivity contribution in [1.29, 1.82) is 0 Å². The smallest absolute Gasteiger partial charge is 0.338 e. The van der Waals surface area contributed by atoms with Gasteiger partial charge in [0.2, 0.25) is 5.91 Å². The number of hydrogen-bond acceptors (Lipinski definition) is 10. The van der Waals surface area contributed by atoms with E-state index in [4.69, 9.17) is 10.5 Å². The van der Waals surface area contributed by atoms with Crippen LogP contribution in [-0.4, -0.2) is 82.0 Å². The van der Waals surface area contributed by atoms with E-state index in [9.17, 15) is 39.0 Å². The van der Waals surface area contributed by atoms with E-state index in [0.717, 1.165) is 0 Å². The number of rotatable bonds is 5. The third-order valence-corrected chi connectivity index (χ3v) is 8.70. The number of nitrogens with two attached hydrogens (primary N) is 1. The number of phenols is 1. The number of carbonyl (C=O) groups excluding carboxylic acids is 6. The molecule has 42 heavy (non-hydrogen) atoms. The summed E-state index contributed by atoms with van der Waals surface area (Å²) in [6.45, 7) is 3.46. The molecule has 1 amide bonds. The number of ketones is 4. The fourth-order valence-electron chi connectivity index (χ4n) is 6.97. The molecule has 0 aromatic heterocycles. The molecule has 2 aromatic rings. The summed E-state index contributed by atoms with van der Waals surface area (Å²) in [4.78, 5) is 80.7. The van der Waals surface area contributed by atoms with Crippen molar-refractivity contribution in [2.24, 2.45) is 29.4 Å². The Morgan fingerprint density at radius 3 is 2.38 bits per heavy atom. The first-order valence-electron chi connectivity index (χ1n) is 13.7. The van der Waals surface area contributed by atoms with Gasteiger partial charge in [0.25, 0.3) is 0 Å². The SMILES string of the molecule is CC(C)OC(=O)c1cccc(-c2ccc(O)c3c2C[C@@H]2C[C@@H]4[C@@H](N(C)C)C(=O)C(C(N)=O)C(=O)[C@]4(O)C(=O)C2C3=O)c1. The van der Waals surface area contributed by atoms with Gasteiger partial charge in [-0.3, -0.25) is 28.9 Å². The van der Waals surface area contributed by atoms with E-state index < -0.39 is 70.3 Å². The summed E-state index contributed by atoms with van der Waals surface area (Å²) in [5.74, 6) is -11.6. The van der Waals surface area contributed by atoms with Crippen molar-refractivity contribution in [2.75, 3.05) is 14.1 Å². The summed E-state index contributed by atoms with van der Waals surface area (Å²) >= 11 is 0. The summed E-state index contributed by atoms with van der Waals surface area (Å²) in [5, 5.41) is 22.5. The zero-order valence-electron chi connectivity index (χ0n) is 23.6.